The molecule has 1 aromatic rings. The molecule has 0 saturated heterocycles. The lowest BCUT2D eigenvalue weighted by Gasteiger charge is -2.16. The van der Waals surface area contributed by atoms with Crippen molar-refractivity contribution in [1.29, 1.82) is 0 Å². The van der Waals surface area contributed by atoms with Gasteiger partial charge in [-0.15, -0.1) is 0 Å². The van der Waals surface area contributed by atoms with Crippen molar-refractivity contribution < 1.29 is 9.21 Å². The van der Waals surface area contributed by atoms with Crippen LogP contribution in [0.1, 0.15) is 48.9 Å². The molecule has 3 nitrogen and oxygen atoms in total. The van der Waals surface area contributed by atoms with Gasteiger partial charge in [-0.3, -0.25) is 4.79 Å². The molecule has 2 aliphatic carbocycles. The van der Waals surface area contributed by atoms with Crippen LogP contribution in [0, 0.1) is 11.8 Å². The van der Waals surface area contributed by atoms with Gasteiger partial charge in [0.1, 0.15) is 5.76 Å². The highest BCUT2D eigenvalue weighted by Crippen LogP contribution is 2.44. The topological polar surface area (TPSA) is 42.2 Å². The predicted molar refractivity (Wildman–Crippen MR) is 64.8 cm³/mol. The number of hydrogen-bond donors (Lipinski definition) is 1. The lowest BCUT2D eigenvalue weighted by Crippen LogP contribution is -2.37. The highest BCUT2D eigenvalue weighted by molar-refractivity contribution is 5.91. The molecule has 0 aliphatic heterocycles. The van der Waals surface area contributed by atoms with E-state index in [2.05, 4.69) is 5.32 Å². The first-order chi connectivity index (χ1) is 8.28. The van der Waals surface area contributed by atoms with Crippen LogP contribution >= 0.6 is 0 Å². The van der Waals surface area contributed by atoms with Gasteiger partial charge in [-0.25, -0.2) is 0 Å². The summed E-state index contributed by atoms with van der Waals surface area (Å²) in [4.78, 5) is 12.0. The molecule has 1 N–H and O–H groups in total. The first-order valence-electron chi connectivity index (χ1n) is 6.67. The third-order valence-corrected chi connectivity index (χ3v) is 3.79. The van der Waals surface area contributed by atoms with Gasteiger partial charge in [-0.1, -0.05) is 6.92 Å². The average Bonchev–Trinajstić information content (AvgIpc) is 3.24. The standard InChI is InChI=1S/C14H19NO2/c1-2-11-7-8-12(17-11)14(16)15-13(9-3-4-9)10-5-6-10/h7-10,13H,2-6H2,1H3,(H,15,16). The minimum absolute atomic E-state index is 0.0338. The Morgan fingerprint density at radius 3 is 2.47 bits per heavy atom. The predicted octanol–water partition coefficient (Wildman–Crippen LogP) is 2.76. The molecule has 1 amide bonds. The second-order valence-corrected chi connectivity index (χ2v) is 5.29. The van der Waals surface area contributed by atoms with Crippen LogP contribution in [0.4, 0.5) is 0 Å². The molecule has 2 aliphatic rings. The molecule has 0 radical (unpaired) electrons. The highest BCUT2D eigenvalue weighted by atomic mass is 16.3. The second-order valence-electron chi connectivity index (χ2n) is 5.29. The lowest BCUT2D eigenvalue weighted by molar-refractivity contribution is 0.0896. The van der Waals surface area contributed by atoms with E-state index in [4.69, 9.17) is 4.42 Å². The molecule has 0 aromatic carbocycles. The Morgan fingerprint density at radius 1 is 1.35 bits per heavy atom. The molecule has 1 heterocycles. The molecule has 92 valence electrons. The van der Waals surface area contributed by atoms with E-state index in [0.717, 1.165) is 24.0 Å². The largest absolute Gasteiger partial charge is 0.456 e. The van der Waals surface area contributed by atoms with E-state index in [-0.39, 0.29) is 5.91 Å². The van der Waals surface area contributed by atoms with Crippen LogP contribution in [0.5, 0.6) is 0 Å². The van der Waals surface area contributed by atoms with Gasteiger partial charge in [0.2, 0.25) is 0 Å². The fourth-order valence-electron chi connectivity index (χ4n) is 2.44. The molecule has 3 heteroatoms. The molecule has 0 spiro atoms. The van der Waals surface area contributed by atoms with Crippen LogP contribution in [0.2, 0.25) is 0 Å². The van der Waals surface area contributed by atoms with Crippen LogP contribution in [0.3, 0.4) is 0 Å². The van der Waals surface area contributed by atoms with E-state index < -0.39 is 0 Å². The highest BCUT2D eigenvalue weighted by Gasteiger charge is 2.42. The smallest absolute Gasteiger partial charge is 0.287 e. The van der Waals surface area contributed by atoms with Crippen LogP contribution in [0.15, 0.2) is 16.5 Å². The van der Waals surface area contributed by atoms with Gasteiger partial charge < -0.3 is 9.73 Å². The number of amides is 1. The van der Waals surface area contributed by atoms with Crippen LogP contribution in [0.25, 0.3) is 0 Å². The number of furan rings is 1. The maximum absolute atomic E-state index is 12.0. The van der Waals surface area contributed by atoms with E-state index >= 15 is 0 Å². The SMILES string of the molecule is CCc1ccc(C(=O)NC(C2CC2)C2CC2)o1. The summed E-state index contributed by atoms with van der Waals surface area (Å²) in [5.41, 5.74) is 0. The second kappa shape index (κ2) is 4.21. The van der Waals surface area contributed by atoms with E-state index in [1.165, 1.54) is 25.7 Å². The Bertz CT molecular complexity index is 404. The molecular weight excluding hydrogens is 214 g/mol. The van der Waals surface area contributed by atoms with Crippen molar-refractivity contribution in [3.8, 4) is 0 Å². The Labute approximate surface area is 102 Å². The van der Waals surface area contributed by atoms with Gasteiger partial charge in [0, 0.05) is 12.5 Å². The van der Waals surface area contributed by atoms with Crippen molar-refractivity contribution in [2.24, 2.45) is 11.8 Å². The van der Waals surface area contributed by atoms with Crippen molar-refractivity contribution >= 4 is 5.91 Å². The van der Waals surface area contributed by atoms with Crippen molar-refractivity contribution in [3.63, 3.8) is 0 Å². The lowest BCUT2D eigenvalue weighted by atomic mass is 10.1. The molecular formula is C14H19NO2. The number of nitrogens with one attached hydrogen (secondary N) is 1. The summed E-state index contributed by atoms with van der Waals surface area (Å²) in [6.45, 7) is 2.03. The fourth-order valence-corrected chi connectivity index (χ4v) is 2.44. The minimum Gasteiger partial charge on any atom is -0.456 e. The van der Waals surface area contributed by atoms with E-state index in [1.54, 1.807) is 6.07 Å². The zero-order chi connectivity index (χ0) is 11.8. The Hall–Kier alpha value is -1.25. The summed E-state index contributed by atoms with van der Waals surface area (Å²) in [5, 5.41) is 3.16. The number of rotatable bonds is 5. The van der Waals surface area contributed by atoms with Crippen molar-refractivity contribution in [2.45, 2.75) is 45.1 Å². The third kappa shape index (κ3) is 2.38. The van der Waals surface area contributed by atoms with Gasteiger partial charge in [0.15, 0.2) is 5.76 Å². The van der Waals surface area contributed by atoms with E-state index in [0.29, 0.717) is 11.8 Å². The number of aryl methyl sites for hydroxylation is 1. The molecule has 0 unspecified atom stereocenters. The molecule has 0 atom stereocenters. The first-order valence-corrected chi connectivity index (χ1v) is 6.67. The average molecular weight is 233 g/mol. The van der Waals surface area contributed by atoms with E-state index in [1.807, 2.05) is 13.0 Å². The monoisotopic (exact) mass is 233 g/mol. The van der Waals surface area contributed by atoms with Gasteiger partial charge in [0.25, 0.3) is 5.91 Å². The van der Waals surface area contributed by atoms with Crippen LogP contribution in [-0.2, 0) is 6.42 Å². The summed E-state index contributed by atoms with van der Waals surface area (Å²) in [6.07, 6.45) is 5.95. The van der Waals surface area contributed by atoms with Gasteiger partial charge >= 0.3 is 0 Å². The number of carbonyl (C=O) groups is 1. The van der Waals surface area contributed by atoms with Crippen LogP contribution < -0.4 is 5.32 Å². The maximum atomic E-state index is 12.0. The molecule has 17 heavy (non-hydrogen) atoms. The summed E-state index contributed by atoms with van der Waals surface area (Å²) >= 11 is 0. The zero-order valence-electron chi connectivity index (χ0n) is 10.2. The Kier molecular flexibility index (Phi) is 2.69. The maximum Gasteiger partial charge on any atom is 0.287 e. The van der Waals surface area contributed by atoms with Gasteiger partial charge in [0.05, 0.1) is 0 Å². The first kappa shape index (κ1) is 10.9. The van der Waals surface area contributed by atoms with Crippen molar-refractivity contribution in [2.75, 3.05) is 0 Å². The van der Waals surface area contributed by atoms with Crippen LogP contribution in [-0.4, -0.2) is 11.9 Å². The fraction of sp³-hybridized carbons (Fsp3) is 0.643. The molecule has 3 rings (SSSR count). The summed E-state index contributed by atoms with van der Waals surface area (Å²) in [6, 6.07) is 4.07. The quantitative estimate of drug-likeness (QED) is 0.849. The molecule has 2 fully saturated rings. The molecule has 1 aromatic heterocycles. The zero-order valence-corrected chi connectivity index (χ0v) is 10.2. The van der Waals surface area contributed by atoms with Crippen molar-refractivity contribution in [1.82, 2.24) is 5.32 Å². The summed E-state index contributed by atoms with van der Waals surface area (Å²) in [7, 11) is 0. The number of carbonyl (C=O) groups excluding carboxylic acids is 1. The third-order valence-electron chi connectivity index (χ3n) is 3.79. The molecule has 0 bridgehead atoms. The molecule has 2 saturated carbocycles. The summed E-state index contributed by atoms with van der Waals surface area (Å²) in [5.74, 6) is 2.77. The van der Waals surface area contributed by atoms with Crippen molar-refractivity contribution in [3.05, 3.63) is 23.7 Å². The van der Waals surface area contributed by atoms with E-state index in [9.17, 15) is 4.79 Å². The normalized spacial score (nSPS) is 19.6. The van der Waals surface area contributed by atoms with Gasteiger partial charge in [-0.2, -0.15) is 0 Å². The van der Waals surface area contributed by atoms with Gasteiger partial charge in [-0.05, 0) is 49.7 Å². The Morgan fingerprint density at radius 2 is 2.00 bits per heavy atom. The Balaban J connectivity index is 1.64. The number of hydrogen-bond acceptors (Lipinski definition) is 2. The minimum atomic E-state index is -0.0338. The summed E-state index contributed by atoms with van der Waals surface area (Å²) < 4.78 is 5.48.